The zero-order valence-corrected chi connectivity index (χ0v) is 22.8. The van der Waals surface area contributed by atoms with E-state index in [1.165, 1.54) is 77.0 Å². The first-order valence-electron chi connectivity index (χ1n) is 14.5. The van der Waals surface area contributed by atoms with E-state index in [9.17, 15) is 9.59 Å². The number of carbonyl (C=O) groups excluding carboxylic acids is 2. The van der Waals surface area contributed by atoms with E-state index in [1.807, 2.05) is 13.8 Å². The monoisotopic (exact) mass is 478 g/mol. The van der Waals surface area contributed by atoms with Crippen LogP contribution in [0, 0.1) is 23.7 Å². The summed E-state index contributed by atoms with van der Waals surface area (Å²) >= 11 is 0. The van der Waals surface area contributed by atoms with Gasteiger partial charge < -0.3 is 9.47 Å². The van der Waals surface area contributed by atoms with Crippen molar-refractivity contribution in [3.8, 4) is 0 Å². The Balaban J connectivity index is 2.34. The summed E-state index contributed by atoms with van der Waals surface area (Å²) < 4.78 is 11.3. The van der Waals surface area contributed by atoms with Crippen molar-refractivity contribution in [3.05, 3.63) is 12.2 Å². The zero-order valence-electron chi connectivity index (χ0n) is 22.8. The molecule has 4 nitrogen and oxygen atoms in total. The summed E-state index contributed by atoms with van der Waals surface area (Å²) in [6, 6.07) is 0. The fourth-order valence-corrected chi connectivity index (χ4v) is 4.98. The predicted octanol–water partition coefficient (Wildman–Crippen LogP) is 8.43. The van der Waals surface area contributed by atoms with Crippen LogP contribution in [0.3, 0.4) is 0 Å². The van der Waals surface area contributed by atoms with E-state index < -0.39 is 11.8 Å². The highest BCUT2D eigenvalue weighted by Crippen LogP contribution is 2.36. The fourth-order valence-electron chi connectivity index (χ4n) is 4.98. The number of rotatable bonds is 20. The molecule has 1 aliphatic carbocycles. The standard InChI is InChI=1S/C30H54O4/c1-5-7-9-11-13-15-17-19-23-33-29(31)27-25(3)21-22-26(4)28(27)30(32)34-24-20-18-16-14-12-10-8-6-2/h21-22,25-28H,5-20,23-24H2,1-4H3. The molecule has 198 valence electrons. The molecule has 0 radical (unpaired) electrons. The van der Waals surface area contributed by atoms with E-state index in [-0.39, 0.29) is 23.8 Å². The average Bonchev–Trinajstić information content (AvgIpc) is 2.82. The Morgan fingerprint density at radius 1 is 0.529 bits per heavy atom. The summed E-state index contributed by atoms with van der Waals surface area (Å²) in [6.45, 7) is 9.39. The Labute approximate surface area is 210 Å². The molecule has 0 amide bonds. The lowest BCUT2D eigenvalue weighted by Gasteiger charge is -2.33. The molecular weight excluding hydrogens is 424 g/mol. The van der Waals surface area contributed by atoms with E-state index in [1.54, 1.807) is 0 Å². The van der Waals surface area contributed by atoms with Crippen molar-refractivity contribution >= 4 is 11.9 Å². The number of allylic oxidation sites excluding steroid dienone is 2. The minimum Gasteiger partial charge on any atom is -0.465 e. The van der Waals surface area contributed by atoms with Crippen LogP contribution in [0.5, 0.6) is 0 Å². The van der Waals surface area contributed by atoms with Crippen LogP contribution in [0.4, 0.5) is 0 Å². The maximum atomic E-state index is 12.9. The summed E-state index contributed by atoms with van der Waals surface area (Å²) in [4.78, 5) is 25.9. The van der Waals surface area contributed by atoms with Gasteiger partial charge in [-0.2, -0.15) is 0 Å². The van der Waals surface area contributed by atoms with Gasteiger partial charge in [-0.15, -0.1) is 0 Å². The normalized spacial score (nSPS) is 22.0. The summed E-state index contributed by atoms with van der Waals surface area (Å²) in [7, 11) is 0. The first-order valence-corrected chi connectivity index (χ1v) is 14.5. The molecule has 0 spiro atoms. The quantitative estimate of drug-likeness (QED) is 0.100. The van der Waals surface area contributed by atoms with Crippen LogP contribution in [-0.2, 0) is 19.1 Å². The predicted molar refractivity (Wildman–Crippen MR) is 142 cm³/mol. The lowest BCUT2D eigenvalue weighted by atomic mass is 9.71. The summed E-state index contributed by atoms with van der Waals surface area (Å²) in [5, 5.41) is 0. The second kappa shape index (κ2) is 19.9. The van der Waals surface area contributed by atoms with Gasteiger partial charge in [0.25, 0.3) is 0 Å². The lowest BCUT2D eigenvalue weighted by Crippen LogP contribution is -2.41. The van der Waals surface area contributed by atoms with E-state index >= 15 is 0 Å². The number of ether oxygens (including phenoxy) is 2. The largest absolute Gasteiger partial charge is 0.465 e. The number of hydrogen-bond acceptors (Lipinski definition) is 4. The number of hydrogen-bond donors (Lipinski definition) is 0. The molecule has 4 unspecified atom stereocenters. The number of carbonyl (C=O) groups is 2. The SMILES string of the molecule is CCCCCCCCCCOC(=O)C1C(C)C=CC(C)C1C(=O)OCCCCCCCCCC. The minimum atomic E-state index is -0.444. The number of esters is 2. The van der Waals surface area contributed by atoms with E-state index in [4.69, 9.17) is 9.47 Å². The molecule has 0 aromatic heterocycles. The third-order valence-corrected chi connectivity index (χ3v) is 7.27. The molecule has 1 rings (SSSR count). The Morgan fingerprint density at radius 2 is 0.824 bits per heavy atom. The van der Waals surface area contributed by atoms with Gasteiger partial charge in [0, 0.05) is 0 Å². The fraction of sp³-hybridized carbons (Fsp3) is 0.867. The second-order valence-electron chi connectivity index (χ2n) is 10.4. The van der Waals surface area contributed by atoms with Gasteiger partial charge in [0.2, 0.25) is 0 Å². The van der Waals surface area contributed by atoms with Gasteiger partial charge >= 0.3 is 11.9 Å². The maximum Gasteiger partial charge on any atom is 0.310 e. The molecular formula is C30H54O4. The highest BCUT2D eigenvalue weighted by molar-refractivity contribution is 5.83. The van der Waals surface area contributed by atoms with E-state index in [0.717, 1.165) is 25.7 Å². The van der Waals surface area contributed by atoms with Gasteiger partial charge in [-0.3, -0.25) is 9.59 Å². The van der Waals surface area contributed by atoms with Crippen LogP contribution >= 0.6 is 0 Å². The van der Waals surface area contributed by atoms with E-state index in [0.29, 0.717) is 13.2 Å². The first kappa shape index (κ1) is 30.7. The molecule has 0 fully saturated rings. The lowest BCUT2D eigenvalue weighted by molar-refractivity contribution is -0.164. The third kappa shape index (κ3) is 13.0. The van der Waals surface area contributed by atoms with Crippen molar-refractivity contribution in [2.45, 2.75) is 130 Å². The average molecular weight is 479 g/mol. The van der Waals surface area contributed by atoms with Crippen LogP contribution in [0.25, 0.3) is 0 Å². The maximum absolute atomic E-state index is 12.9. The Kier molecular flexibility index (Phi) is 18.0. The molecule has 0 aromatic rings. The Morgan fingerprint density at radius 3 is 1.15 bits per heavy atom. The van der Waals surface area contributed by atoms with Crippen LogP contribution in [0.15, 0.2) is 12.2 Å². The highest BCUT2D eigenvalue weighted by atomic mass is 16.5. The highest BCUT2D eigenvalue weighted by Gasteiger charge is 2.43. The molecule has 0 aromatic carbocycles. The van der Waals surface area contributed by atoms with Crippen LogP contribution in [-0.4, -0.2) is 25.2 Å². The minimum absolute atomic E-state index is 0.0112. The summed E-state index contributed by atoms with van der Waals surface area (Å²) in [6.07, 6.45) is 23.5. The first-order chi connectivity index (χ1) is 16.5. The van der Waals surface area contributed by atoms with E-state index in [2.05, 4.69) is 26.0 Å². The zero-order chi connectivity index (χ0) is 25.0. The van der Waals surface area contributed by atoms with Gasteiger partial charge in [-0.25, -0.2) is 0 Å². The smallest absolute Gasteiger partial charge is 0.310 e. The van der Waals surface area contributed by atoms with Gasteiger partial charge in [0.1, 0.15) is 0 Å². The summed E-state index contributed by atoms with van der Waals surface area (Å²) in [5.74, 6) is -1.38. The molecule has 0 heterocycles. The number of unbranched alkanes of at least 4 members (excludes halogenated alkanes) is 14. The van der Waals surface area contributed by atoms with Crippen molar-refractivity contribution < 1.29 is 19.1 Å². The van der Waals surface area contributed by atoms with Gasteiger partial charge in [-0.1, -0.05) is 130 Å². The van der Waals surface area contributed by atoms with Gasteiger partial charge in [-0.05, 0) is 24.7 Å². The molecule has 0 N–H and O–H groups in total. The second-order valence-corrected chi connectivity index (χ2v) is 10.4. The Bertz CT molecular complexity index is 508. The molecule has 1 aliphatic rings. The summed E-state index contributed by atoms with van der Waals surface area (Å²) in [5.41, 5.74) is 0. The van der Waals surface area contributed by atoms with Crippen molar-refractivity contribution in [2.75, 3.05) is 13.2 Å². The molecule has 0 aliphatic heterocycles. The molecule has 34 heavy (non-hydrogen) atoms. The molecule has 0 saturated carbocycles. The van der Waals surface area contributed by atoms with Crippen molar-refractivity contribution in [2.24, 2.45) is 23.7 Å². The van der Waals surface area contributed by atoms with Crippen LogP contribution < -0.4 is 0 Å². The third-order valence-electron chi connectivity index (χ3n) is 7.27. The molecule has 4 atom stereocenters. The van der Waals surface area contributed by atoms with Crippen LogP contribution in [0.1, 0.15) is 130 Å². The van der Waals surface area contributed by atoms with Crippen molar-refractivity contribution in [1.82, 2.24) is 0 Å². The molecule has 0 saturated heterocycles. The van der Waals surface area contributed by atoms with Gasteiger partial charge in [0.15, 0.2) is 0 Å². The van der Waals surface area contributed by atoms with Gasteiger partial charge in [0.05, 0.1) is 25.0 Å². The topological polar surface area (TPSA) is 52.6 Å². The van der Waals surface area contributed by atoms with Crippen LogP contribution in [0.2, 0.25) is 0 Å². The molecule has 0 bridgehead atoms. The van der Waals surface area contributed by atoms with Crippen molar-refractivity contribution in [1.29, 1.82) is 0 Å². The Hall–Kier alpha value is -1.32. The van der Waals surface area contributed by atoms with Crippen molar-refractivity contribution in [3.63, 3.8) is 0 Å². The molecule has 4 heteroatoms.